The summed E-state index contributed by atoms with van der Waals surface area (Å²) in [6, 6.07) is 11.4. The van der Waals surface area contributed by atoms with E-state index in [0.29, 0.717) is 12.0 Å². The van der Waals surface area contributed by atoms with Crippen LogP contribution in [0.5, 0.6) is 0 Å². The average molecular weight is 279 g/mol. The lowest BCUT2D eigenvalue weighted by molar-refractivity contribution is 0.373. The van der Waals surface area contributed by atoms with Gasteiger partial charge in [0.1, 0.15) is 12.1 Å². The van der Waals surface area contributed by atoms with Crippen LogP contribution in [0.15, 0.2) is 36.7 Å². The molecule has 4 rings (SSSR count). The Morgan fingerprint density at radius 3 is 2.62 bits per heavy atom. The van der Waals surface area contributed by atoms with Crippen molar-refractivity contribution in [2.75, 3.05) is 5.32 Å². The summed E-state index contributed by atoms with van der Waals surface area (Å²) in [5, 5.41) is 3.66. The summed E-state index contributed by atoms with van der Waals surface area (Å²) in [5.74, 6) is 1.80. The van der Waals surface area contributed by atoms with Gasteiger partial charge in [-0.1, -0.05) is 30.3 Å². The Morgan fingerprint density at radius 1 is 0.952 bits per heavy atom. The maximum atomic E-state index is 4.49. The Hall–Kier alpha value is -1.90. The average Bonchev–Trinajstić information content (AvgIpc) is 2.51. The highest BCUT2D eigenvalue weighted by Crippen LogP contribution is 2.39. The van der Waals surface area contributed by atoms with E-state index in [1.54, 1.807) is 6.33 Å². The number of benzene rings is 1. The van der Waals surface area contributed by atoms with Crippen molar-refractivity contribution in [2.24, 2.45) is 0 Å². The van der Waals surface area contributed by atoms with Gasteiger partial charge >= 0.3 is 0 Å². The molecular weight excluding hydrogens is 258 g/mol. The summed E-state index contributed by atoms with van der Waals surface area (Å²) in [7, 11) is 0. The van der Waals surface area contributed by atoms with E-state index >= 15 is 0 Å². The van der Waals surface area contributed by atoms with E-state index in [0.717, 1.165) is 18.7 Å². The van der Waals surface area contributed by atoms with Crippen LogP contribution < -0.4 is 5.32 Å². The summed E-state index contributed by atoms with van der Waals surface area (Å²) in [4.78, 5) is 8.93. The van der Waals surface area contributed by atoms with Gasteiger partial charge in [0.05, 0.1) is 0 Å². The molecule has 1 N–H and O–H groups in total. The lowest BCUT2D eigenvalue weighted by Crippen LogP contribution is -2.35. The van der Waals surface area contributed by atoms with Crippen molar-refractivity contribution < 1.29 is 0 Å². The van der Waals surface area contributed by atoms with Crippen LogP contribution in [0, 0.1) is 0 Å². The van der Waals surface area contributed by atoms with Crippen molar-refractivity contribution >= 4 is 5.82 Å². The predicted octanol–water partition coefficient (Wildman–Crippen LogP) is 3.71. The standard InChI is InChI=1S/C18H21N3/c1-2-6-13(7-3-1)14-10-15(11-14)21-18-16-8-4-5-9-17(16)19-12-20-18/h1-3,6-7,12,14-15H,4-5,8-11H2,(H,19,20,21). The number of rotatable bonds is 3. The van der Waals surface area contributed by atoms with Gasteiger partial charge in [0.15, 0.2) is 0 Å². The lowest BCUT2D eigenvalue weighted by atomic mass is 9.76. The first-order valence-electron chi connectivity index (χ1n) is 8.04. The zero-order chi connectivity index (χ0) is 14.1. The number of nitrogens with zero attached hydrogens (tertiary/aromatic N) is 2. The SMILES string of the molecule is c1ccc(C2CC(Nc3ncnc4c3CCCC4)C2)cc1. The molecule has 0 radical (unpaired) electrons. The lowest BCUT2D eigenvalue weighted by Gasteiger charge is -2.37. The quantitative estimate of drug-likeness (QED) is 0.930. The summed E-state index contributed by atoms with van der Waals surface area (Å²) in [5.41, 5.74) is 4.10. The van der Waals surface area contributed by atoms with Crippen molar-refractivity contribution in [1.82, 2.24) is 9.97 Å². The fourth-order valence-corrected chi connectivity index (χ4v) is 3.57. The van der Waals surface area contributed by atoms with Gasteiger partial charge in [-0.15, -0.1) is 0 Å². The predicted molar refractivity (Wildman–Crippen MR) is 84.5 cm³/mol. The molecule has 0 spiro atoms. The number of aryl methyl sites for hydroxylation is 1. The molecule has 0 saturated heterocycles. The van der Waals surface area contributed by atoms with Gasteiger partial charge in [0.25, 0.3) is 0 Å². The maximum Gasteiger partial charge on any atom is 0.133 e. The van der Waals surface area contributed by atoms with Crippen LogP contribution in [0.1, 0.15) is 48.4 Å². The Morgan fingerprint density at radius 2 is 1.76 bits per heavy atom. The molecule has 1 aromatic heterocycles. The number of hydrogen-bond acceptors (Lipinski definition) is 3. The molecule has 0 atom stereocenters. The molecular formula is C18H21N3. The normalized spacial score (nSPS) is 24.0. The Labute approximate surface area is 125 Å². The van der Waals surface area contributed by atoms with E-state index < -0.39 is 0 Å². The van der Waals surface area contributed by atoms with Crippen LogP contribution in [0.25, 0.3) is 0 Å². The molecule has 3 heteroatoms. The molecule has 108 valence electrons. The van der Waals surface area contributed by atoms with Crippen molar-refractivity contribution in [2.45, 2.75) is 50.5 Å². The fourth-order valence-electron chi connectivity index (χ4n) is 3.57. The van der Waals surface area contributed by atoms with Gasteiger partial charge in [0, 0.05) is 17.3 Å². The summed E-state index contributed by atoms with van der Waals surface area (Å²) < 4.78 is 0. The van der Waals surface area contributed by atoms with Gasteiger partial charge in [0.2, 0.25) is 0 Å². The largest absolute Gasteiger partial charge is 0.367 e. The Kier molecular flexibility index (Phi) is 3.34. The molecule has 0 unspecified atom stereocenters. The third-order valence-electron chi connectivity index (χ3n) is 4.87. The molecule has 2 aromatic rings. The molecule has 1 aromatic carbocycles. The van der Waals surface area contributed by atoms with Crippen molar-refractivity contribution in [3.05, 3.63) is 53.5 Å². The third-order valence-corrected chi connectivity index (χ3v) is 4.87. The van der Waals surface area contributed by atoms with Gasteiger partial charge in [-0.3, -0.25) is 0 Å². The first-order valence-corrected chi connectivity index (χ1v) is 8.04. The van der Waals surface area contributed by atoms with E-state index in [9.17, 15) is 0 Å². The minimum atomic E-state index is 0.566. The Balaban J connectivity index is 1.43. The molecule has 1 fully saturated rings. The zero-order valence-electron chi connectivity index (χ0n) is 12.3. The number of aromatic nitrogens is 2. The maximum absolute atomic E-state index is 4.49. The first-order chi connectivity index (χ1) is 10.4. The zero-order valence-corrected chi connectivity index (χ0v) is 12.3. The van der Waals surface area contributed by atoms with E-state index in [4.69, 9.17) is 0 Å². The highest BCUT2D eigenvalue weighted by molar-refractivity contribution is 5.48. The van der Waals surface area contributed by atoms with Crippen LogP contribution in [0.4, 0.5) is 5.82 Å². The minimum Gasteiger partial charge on any atom is -0.367 e. The molecule has 3 nitrogen and oxygen atoms in total. The smallest absolute Gasteiger partial charge is 0.133 e. The van der Waals surface area contributed by atoms with Crippen LogP contribution >= 0.6 is 0 Å². The van der Waals surface area contributed by atoms with Gasteiger partial charge in [-0.2, -0.15) is 0 Å². The number of anilines is 1. The first kappa shape index (κ1) is 12.8. The van der Waals surface area contributed by atoms with Crippen molar-refractivity contribution in [3.8, 4) is 0 Å². The molecule has 0 aliphatic heterocycles. The number of nitrogens with one attached hydrogen (secondary N) is 1. The van der Waals surface area contributed by atoms with Crippen LogP contribution in [0.3, 0.4) is 0 Å². The fraction of sp³-hybridized carbons (Fsp3) is 0.444. The third kappa shape index (κ3) is 2.53. The number of fused-ring (bicyclic) bond motifs is 1. The van der Waals surface area contributed by atoms with E-state index in [2.05, 4.69) is 45.6 Å². The van der Waals surface area contributed by atoms with Crippen LogP contribution in [-0.4, -0.2) is 16.0 Å². The second-order valence-corrected chi connectivity index (χ2v) is 6.27. The van der Waals surface area contributed by atoms with Gasteiger partial charge in [-0.25, -0.2) is 9.97 Å². The molecule has 1 heterocycles. The molecule has 21 heavy (non-hydrogen) atoms. The Bertz CT molecular complexity index is 618. The summed E-state index contributed by atoms with van der Waals surface area (Å²) >= 11 is 0. The van der Waals surface area contributed by atoms with Crippen molar-refractivity contribution in [1.29, 1.82) is 0 Å². The molecule has 0 bridgehead atoms. The highest BCUT2D eigenvalue weighted by atomic mass is 15.1. The molecule has 1 saturated carbocycles. The minimum absolute atomic E-state index is 0.566. The topological polar surface area (TPSA) is 37.8 Å². The molecule has 2 aliphatic rings. The van der Waals surface area contributed by atoms with E-state index in [1.807, 2.05) is 0 Å². The second kappa shape index (κ2) is 5.47. The van der Waals surface area contributed by atoms with Crippen LogP contribution in [0.2, 0.25) is 0 Å². The van der Waals surface area contributed by atoms with Gasteiger partial charge in [-0.05, 0) is 50.0 Å². The van der Waals surface area contributed by atoms with Crippen molar-refractivity contribution in [3.63, 3.8) is 0 Å². The van der Waals surface area contributed by atoms with E-state index in [1.165, 1.54) is 42.5 Å². The van der Waals surface area contributed by atoms with Crippen LogP contribution in [-0.2, 0) is 12.8 Å². The van der Waals surface area contributed by atoms with Gasteiger partial charge < -0.3 is 5.32 Å². The van der Waals surface area contributed by atoms with E-state index in [-0.39, 0.29) is 0 Å². The molecule has 0 amide bonds. The molecule has 2 aliphatic carbocycles. The number of hydrogen-bond donors (Lipinski definition) is 1. The summed E-state index contributed by atoms with van der Waals surface area (Å²) in [6.45, 7) is 0. The second-order valence-electron chi connectivity index (χ2n) is 6.27. The highest BCUT2D eigenvalue weighted by Gasteiger charge is 2.31. The summed E-state index contributed by atoms with van der Waals surface area (Å²) in [6.07, 6.45) is 8.93. The monoisotopic (exact) mass is 279 g/mol.